The van der Waals surface area contributed by atoms with Crippen molar-refractivity contribution in [2.45, 2.75) is 36.2 Å². The second-order valence-electron chi connectivity index (χ2n) is 6.51. The average Bonchev–Trinajstić information content (AvgIpc) is 3.25. The lowest BCUT2D eigenvalue weighted by Crippen LogP contribution is -2.38. The van der Waals surface area contributed by atoms with Crippen molar-refractivity contribution in [3.05, 3.63) is 28.8 Å². The largest absolute Gasteiger partial charge is 0.338 e. The van der Waals surface area contributed by atoms with E-state index < -0.39 is 31.8 Å². The van der Waals surface area contributed by atoms with Gasteiger partial charge in [0, 0.05) is 24.7 Å². The Bertz CT molecular complexity index is 910. The molecule has 1 saturated carbocycles. The van der Waals surface area contributed by atoms with E-state index in [2.05, 4.69) is 4.72 Å². The van der Waals surface area contributed by atoms with E-state index in [1.807, 2.05) is 0 Å². The molecule has 1 aliphatic carbocycles. The van der Waals surface area contributed by atoms with Crippen molar-refractivity contribution >= 4 is 37.4 Å². The fourth-order valence-corrected chi connectivity index (χ4v) is 6.38. The first-order chi connectivity index (χ1) is 11.6. The van der Waals surface area contributed by atoms with Gasteiger partial charge in [-0.3, -0.25) is 4.79 Å². The lowest BCUT2D eigenvalue weighted by Gasteiger charge is -2.23. The lowest BCUT2D eigenvalue weighted by atomic mass is 10.1. The number of nitrogens with one attached hydrogen (secondary N) is 1. The van der Waals surface area contributed by atoms with Crippen LogP contribution in [-0.2, 0) is 19.9 Å². The normalized spacial score (nSPS) is 22.7. The van der Waals surface area contributed by atoms with Crippen LogP contribution in [0, 0.1) is 0 Å². The number of rotatable bonds is 5. The Labute approximate surface area is 152 Å². The number of hydrogen-bond donors (Lipinski definition) is 1. The van der Waals surface area contributed by atoms with E-state index in [-0.39, 0.29) is 33.0 Å². The van der Waals surface area contributed by atoms with Gasteiger partial charge in [-0.25, -0.2) is 21.6 Å². The predicted molar refractivity (Wildman–Crippen MR) is 93.9 cm³/mol. The number of halogens is 1. The number of hydrogen-bond acceptors (Lipinski definition) is 5. The highest BCUT2D eigenvalue weighted by Crippen LogP contribution is 2.27. The zero-order chi connectivity index (χ0) is 18.4. The third kappa shape index (κ3) is 4.16. The van der Waals surface area contributed by atoms with Crippen LogP contribution >= 0.6 is 11.6 Å². The highest BCUT2D eigenvalue weighted by Gasteiger charge is 2.34. The molecular weight excluding hydrogens is 388 g/mol. The van der Waals surface area contributed by atoms with Crippen LogP contribution in [0.2, 0.25) is 5.02 Å². The molecule has 1 amide bonds. The van der Waals surface area contributed by atoms with Gasteiger partial charge in [-0.1, -0.05) is 11.6 Å². The Balaban J connectivity index is 1.85. The van der Waals surface area contributed by atoms with Crippen LogP contribution in [0.3, 0.4) is 0 Å². The van der Waals surface area contributed by atoms with Crippen molar-refractivity contribution in [1.29, 1.82) is 0 Å². The maximum Gasteiger partial charge on any atom is 0.253 e. The SMILES string of the molecule is CN(C(=O)c1ccc(Cl)c(S(=O)(=O)NC2CC2)c1)C1CCS(=O)(=O)C1. The lowest BCUT2D eigenvalue weighted by molar-refractivity contribution is 0.0747. The molecule has 3 rings (SSSR count). The number of sulfone groups is 1. The molecule has 0 radical (unpaired) electrons. The van der Waals surface area contributed by atoms with Gasteiger partial charge in [-0.15, -0.1) is 0 Å². The molecule has 138 valence electrons. The number of carbonyl (C=O) groups is 1. The summed E-state index contributed by atoms with van der Waals surface area (Å²) in [5, 5.41) is 0.0378. The molecule has 1 unspecified atom stereocenters. The molecule has 1 aliphatic heterocycles. The Morgan fingerprint density at radius 2 is 1.96 bits per heavy atom. The van der Waals surface area contributed by atoms with Crippen molar-refractivity contribution in [1.82, 2.24) is 9.62 Å². The van der Waals surface area contributed by atoms with Gasteiger partial charge in [0.25, 0.3) is 5.91 Å². The number of amides is 1. The summed E-state index contributed by atoms with van der Waals surface area (Å²) in [6.45, 7) is 0. The maximum atomic E-state index is 12.6. The van der Waals surface area contributed by atoms with Crippen LogP contribution < -0.4 is 4.72 Å². The van der Waals surface area contributed by atoms with Crippen molar-refractivity contribution in [3.8, 4) is 0 Å². The highest BCUT2D eigenvalue weighted by molar-refractivity contribution is 7.91. The molecule has 0 aromatic heterocycles. The van der Waals surface area contributed by atoms with E-state index >= 15 is 0 Å². The summed E-state index contributed by atoms with van der Waals surface area (Å²) >= 11 is 6.01. The van der Waals surface area contributed by atoms with Crippen LogP contribution in [-0.4, -0.2) is 58.3 Å². The molecule has 2 aliphatic rings. The van der Waals surface area contributed by atoms with Gasteiger partial charge in [-0.2, -0.15) is 0 Å². The van der Waals surface area contributed by atoms with Gasteiger partial charge in [0.05, 0.1) is 16.5 Å². The first-order valence-electron chi connectivity index (χ1n) is 7.88. The molecule has 25 heavy (non-hydrogen) atoms. The van der Waals surface area contributed by atoms with Crippen LogP contribution in [0.4, 0.5) is 0 Å². The van der Waals surface area contributed by atoms with Gasteiger partial charge in [-0.05, 0) is 37.5 Å². The fourth-order valence-electron chi connectivity index (χ4n) is 2.78. The molecule has 1 aromatic rings. The highest BCUT2D eigenvalue weighted by atomic mass is 35.5. The van der Waals surface area contributed by atoms with E-state index in [1.165, 1.54) is 30.1 Å². The fraction of sp³-hybridized carbons (Fsp3) is 0.533. The molecule has 7 nitrogen and oxygen atoms in total. The minimum absolute atomic E-state index is 0.0378. The topological polar surface area (TPSA) is 101 Å². The Kier molecular flexibility index (Phi) is 4.87. The molecule has 1 atom stereocenters. The maximum absolute atomic E-state index is 12.6. The summed E-state index contributed by atoms with van der Waals surface area (Å²) in [4.78, 5) is 13.9. The standard InChI is InChI=1S/C15H19ClN2O5S2/c1-18(12-6-7-24(20,21)9-12)15(19)10-2-5-13(16)14(8-10)25(22,23)17-11-3-4-11/h2,5,8,11-12,17H,3-4,6-7,9H2,1H3. The van der Waals surface area contributed by atoms with Gasteiger partial charge in [0.15, 0.2) is 9.84 Å². The van der Waals surface area contributed by atoms with Crippen molar-refractivity contribution < 1.29 is 21.6 Å². The van der Waals surface area contributed by atoms with Crippen LogP contribution in [0.1, 0.15) is 29.6 Å². The van der Waals surface area contributed by atoms with Crippen molar-refractivity contribution in [2.24, 2.45) is 0 Å². The van der Waals surface area contributed by atoms with Gasteiger partial charge in [0.2, 0.25) is 10.0 Å². The Morgan fingerprint density at radius 1 is 1.28 bits per heavy atom. The molecule has 2 fully saturated rings. The molecule has 1 saturated heterocycles. The molecule has 0 spiro atoms. The number of benzene rings is 1. The van der Waals surface area contributed by atoms with E-state index in [0.29, 0.717) is 6.42 Å². The average molecular weight is 407 g/mol. The van der Waals surface area contributed by atoms with E-state index in [4.69, 9.17) is 11.6 Å². The zero-order valence-corrected chi connectivity index (χ0v) is 16.0. The Morgan fingerprint density at radius 3 is 2.52 bits per heavy atom. The minimum atomic E-state index is -3.80. The van der Waals surface area contributed by atoms with Gasteiger partial charge in [0.1, 0.15) is 4.90 Å². The third-order valence-electron chi connectivity index (χ3n) is 4.44. The summed E-state index contributed by atoms with van der Waals surface area (Å²) in [6.07, 6.45) is 1.95. The summed E-state index contributed by atoms with van der Waals surface area (Å²) in [6, 6.07) is 3.58. The quantitative estimate of drug-likeness (QED) is 0.787. The van der Waals surface area contributed by atoms with Crippen LogP contribution in [0.15, 0.2) is 23.1 Å². The molecule has 1 heterocycles. The second-order valence-corrected chi connectivity index (χ2v) is 10.8. The van der Waals surface area contributed by atoms with Crippen molar-refractivity contribution in [3.63, 3.8) is 0 Å². The van der Waals surface area contributed by atoms with E-state index in [1.54, 1.807) is 0 Å². The first kappa shape index (κ1) is 18.6. The third-order valence-corrected chi connectivity index (χ3v) is 8.20. The summed E-state index contributed by atoms with van der Waals surface area (Å²) in [5.74, 6) is -0.445. The monoisotopic (exact) mass is 406 g/mol. The Hall–Kier alpha value is -1.16. The number of sulfonamides is 1. The second kappa shape index (κ2) is 6.53. The van der Waals surface area contributed by atoms with Gasteiger partial charge < -0.3 is 4.90 Å². The molecule has 10 heteroatoms. The number of carbonyl (C=O) groups excluding carboxylic acids is 1. The van der Waals surface area contributed by atoms with E-state index in [0.717, 1.165) is 12.8 Å². The molecule has 1 N–H and O–H groups in total. The number of nitrogens with zero attached hydrogens (tertiary/aromatic N) is 1. The van der Waals surface area contributed by atoms with E-state index in [9.17, 15) is 21.6 Å². The van der Waals surface area contributed by atoms with Crippen LogP contribution in [0.5, 0.6) is 0 Å². The smallest absolute Gasteiger partial charge is 0.253 e. The predicted octanol–water partition coefficient (Wildman–Crippen LogP) is 1.04. The summed E-state index contributed by atoms with van der Waals surface area (Å²) in [7, 11) is -5.39. The summed E-state index contributed by atoms with van der Waals surface area (Å²) < 4.78 is 50.5. The first-order valence-corrected chi connectivity index (χ1v) is 11.6. The van der Waals surface area contributed by atoms with Crippen molar-refractivity contribution in [2.75, 3.05) is 18.6 Å². The molecular formula is C15H19ClN2O5S2. The van der Waals surface area contributed by atoms with Gasteiger partial charge >= 0.3 is 0 Å². The zero-order valence-electron chi connectivity index (χ0n) is 13.6. The molecule has 1 aromatic carbocycles. The van der Waals surface area contributed by atoms with Crippen LogP contribution in [0.25, 0.3) is 0 Å². The molecule has 0 bridgehead atoms. The summed E-state index contributed by atoms with van der Waals surface area (Å²) in [5.41, 5.74) is 0.160. The minimum Gasteiger partial charge on any atom is -0.338 e.